The van der Waals surface area contributed by atoms with Crippen LogP contribution in [-0.2, 0) is 19.3 Å². The van der Waals surface area contributed by atoms with Crippen LogP contribution in [0.4, 0.5) is 20.6 Å². The Morgan fingerprint density at radius 3 is 2.47 bits per heavy atom. The Morgan fingerprint density at radius 1 is 1.03 bits per heavy atom. The zero-order valence-electron chi connectivity index (χ0n) is 19.3. The minimum absolute atomic E-state index is 0.204. The second-order valence-electron chi connectivity index (χ2n) is 9.70. The van der Waals surface area contributed by atoms with Crippen LogP contribution < -0.4 is 16.4 Å². The molecule has 4 N–H and O–H groups in total. The standard InChI is InChI=1S/C28H31FN4O/c29-23-12-10-20(11-13-23)15-26-9-4-14-33(26)19-28(17-21-5-1-2-6-22(21)18-28)32-27(34)31-25-8-3-7-24(30)16-25/h1-3,5-8,10-13,16,26H,4,9,14-15,17-19,30H2,(H2,31,32,34). The summed E-state index contributed by atoms with van der Waals surface area (Å²) in [5.41, 5.74) is 10.5. The van der Waals surface area contributed by atoms with Gasteiger partial charge in [-0.25, -0.2) is 9.18 Å². The molecule has 2 amide bonds. The van der Waals surface area contributed by atoms with Crippen molar-refractivity contribution in [1.29, 1.82) is 0 Å². The quantitative estimate of drug-likeness (QED) is 0.466. The van der Waals surface area contributed by atoms with Gasteiger partial charge in [0.2, 0.25) is 0 Å². The van der Waals surface area contributed by atoms with Crippen LogP contribution in [0.25, 0.3) is 0 Å². The smallest absolute Gasteiger partial charge is 0.319 e. The minimum Gasteiger partial charge on any atom is -0.399 e. The Labute approximate surface area is 200 Å². The summed E-state index contributed by atoms with van der Waals surface area (Å²) >= 11 is 0. The fraction of sp³-hybridized carbons (Fsp3) is 0.321. The number of nitrogens with one attached hydrogen (secondary N) is 2. The first-order chi connectivity index (χ1) is 16.5. The molecule has 0 bridgehead atoms. The first kappa shape index (κ1) is 22.4. The lowest BCUT2D eigenvalue weighted by Crippen LogP contribution is -2.58. The van der Waals surface area contributed by atoms with Crippen molar-refractivity contribution < 1.29 is 9.18 Å². The Kier molecular flexibility index (Phi) is 6.24. The van der Waals surface area contributed by atoms with Crippen molar-refractivity contribution in [3.8, 4) is 0 Å². The van der Waals surface area contributed by atoms with Crippen LogP contribution in [0.1, 0.15) is 29.5 Å². The molecule has 1 unspecified atom stereocenters. The topological polar surface area (TPSA) is 70.4 Å². The van der Waals surface area contributed by atoms with Crippen molar-refractivity contribution in [2.24, 2.45) is 0 Å². The van der Waals surface area contributed by atoms with Gasteiger partial charge in [0.25, 0.3) is 0 Å². The Morgan fingerprint density at radius 2 is 1.76 bits per heavy atom. The summed E-state index contributed by atoms with van der Waals surface area (Å²) in [7, 11) is 0. The number of rotatable bonds is 6. The number of urea groups is 1. The molecule has 3 aromatic carbocycles. The number of nitrogens with zero attached hydrogens (tertiary/aromatic N) is 1. The SMILES string of the molecule is Nc1cccc(NC(=O)NC2(CN3CCCC3Cc3ccc(F)cc3)Cc3ccccc3C2)c1. The number of carbonyl (C=O) groups excluding carboxylic acids is 1. The molecular formula is C28H31FN4O. The first-order valence-electron chi connectivity index (χ1n) is 12.0. The third-order valence-electron chi connectivity index (χ3n) is 7.09. The number of likely N-dealkylation sites (tertiary alicyclic amines) is 1. The number of halogens is 1. The summed E-state index contributed by atoms with van der Waals surface area (Å²) in [5.74, 6) is -0.204. The van der Waals surface area contributed by atoms with Crippen LogP contribution in [0.5, 0.6) is 0 Å². The number of amides is 2. The van der Waals surface area contributed by atoms with E-state index in [1.807, 2.05) is 24.3 Å². The Hall–Kier alpha value is -3.38. The molecule has 176 valence electrons. The highest BCUT2D eigenvalue weighted by molar-refractivity contribution is 5.90. The van der Waals surface area contributed by atoms with Gasteiger partial charge < -0.3 is 16.4 Å². The predicted molar refractivity (Wildman–Crippen MR) is 134 cm³/mol. The van der Waals surface area contributed by atoms with Crippen molar-refractivity contribution >= 4 is 17.4 Å². The van der Waals surface area contributed by atoms with Gasteiger partial charge in [0.05, 0.1) is 5.54 Å². The normalized spacial score (nSPS) is 19.0. The summed E-state index contributed by atoms with van der Waals surface area (Å²) in [6.45, 7) is 1.78. The van der Waals surface area contributed by atoms with Crippen LogP contribution in [0.15, 0.2) is 72.8 Å². The minimum atomic E-state index is -0.389. The van der Waals surface area contributed by atoms with Crippen LogP contribution in [0.3, 0.4) is 0 Å². The van der Waals surface area contributed by atoms with E-state index in [2.05, 4.69) is 39.8 Å². The second kappa shape index (κ2) is 9.47. The lowest BCUT2D eigenvalue weighted by Gasteiger charge is -2.37. The molecular weight excluding hydrogens is 427 g/mol. The summed E-state index contributed by atoms with van der Waals surface area (Å²) in [6.07, 6.45) is 4.72. The Bertz CT molecular complexity index is 1140. The molecule has 5 rings (SSSR count). The molecule has 6 heteroatoms. The van der Waals surface area contributed by atoms with Crippen molar-refractivity contribution in [3.05, 3.63) is 95.3 Å². The number of benzene rings is 3. The molecule has 0 aromatic heterocycles. The first-order valence-corrected chi connectivity index (χ1v) is 12.0. The molecule has 0 spiro atoms. The molecule has 1 fully saturated rings. The van der Waals surface area contributed by atoms with Gasteiger partial charge in [-0.3, -0.25) is 4.90 Å². The summed E-state index contributed by atoms with van der Waals surface area (Å²) in [6, 6.07) is 22.7. The third kappa shape index (κ3) is 5.07. The maximum Gasteiger partial charge on any atom is 0.319 e. The van der Waals surface area contributed by atoms with Gasteiger partial charge in [-0.1, -0.05) is 42.5 Å². The zero-order valence-corrected chi connectivity index (χ0v) is 19.3. The summed E-state index contributed by atoms with van der Waals surface area (Å²) < 4.78 is 13.4. The zero-order chi connectivity index (χ0) is 23.5. The number of hydrogen-bond donors (Lipinski definition) is 3. The lowest BCUT2D eigenvalue weighted by molar-refractivity contribution is 0.171. The second-order valence-corrected chi connectivity index (χ2v) is 9.70. The fourth-order valence-corrected chi connectivity index (χ4v) is 5.57. The van der Waals surface area contributed by atoms with Crippen molar-refractivity contribution in [2.75, 3.05) is 24.1 Å². The number of hydrogen-bond acceptors (Lipinski definition) is 3. The van der Waals surface area contributed by atoms with E-state index < -0.39 is 0 Å². The van der Waals surface area contributed by atoms with E-state index in [1.54, 1.807) is 12.1 Å². The molecule has 1 atom stereocenters. The van der Waals surface area contributed by atoms with Crippen molar-refractivity contribution in [3.63, 3.8) is 0 Å². The monoisotopic (exact) mass is 458 g/mol. The average Bonchev–Trinajstić information content (AvgIpc) is 3.38. The lowest BCUT2D eigenvalue weighted by atomic mass is 9.93. The summed E-state index contributed by atoms with van der Waals surface area (Å²) in [4.78, 5) is 15.6. The molecule has 1 aliphatic heterocycles. The molecule has 1 saturated heterocycles. The van der Waals surface area contributed by atoms with Gasteiger partial charge in [0.15, 0.2) is 0 Å². The highest BCUT2D eigenvalue weighted by Crippen LogP contribution is 2.33. The van der Waals surface area contributed by atoms with Gasteiger partial charge in [0.1, 0.15) is 5.82 Å². The molecule has 2 aliphatic rings. The van der Waals surface area contributed by atoms with Crippen LogP contribution in [-0.4, -0.2) is 35.6 Å². The van der Waals surface area contributed by atoms with E-state index in [9.17, 15) is 9.18 Å². The van der Waals surface area contributed by atoms with Crippen LogP contribution >= 0.6 is 0 Å². The fourth-order valence-electron chi connectivity index (χ4n) is 5.57. The molecule has 1 heterocycles. The van der Waals surface area contributed by atoms with Gasteiger partial charge >= 0.3 is 6.03 Å². The predicted octanol–water partition coefficient (Wildman–Crippen LogP) is 4.77. The van der Waals surface area contributed by atoms with Crippen LogP contribution in [0, 0.1) is 5.82 Å². The maximum absolute atomic E-state index is 13.4. The van der Waals surface area contributed by atoms with E-state index in [1.165, 1.54) is 23.3 Å². The number of nitrogen functional groups attached to an aromatic ring is 1. The van der Waals surface area contributed by atoms with E-state index in [4.69, 9.17) is 5.73 Å². The van der Waals surface area contributed by atoms with Gasteiger partial charge in [-0.15, -0.1) is 0 Å². The van der Waals surface area contributed by atoms with Gasteiger partial charge in [-0.2, -0.15) is 0 Å². The molecule has 34 heavy (non-hydrogen) atoms. The van der Waals surface area contributed by atoms with E-state index in [0.717, 1.165) is 50.8 Å². The van der Waals surface area contributed by atoms with E-state index in [0.29, 0.717) is 17.4 Å². The highest BCUT2D eigenvalue weighted by Gasteiger charge is 2.42. The maximum atomic E-state index is 13.4. The van der Waals surface area contributed by atoms with Crippen molar-refractivity contribution in [1.82, 2.24) is 10.2 Å². The number of carbonyl (C=O) groups is 1. The third-order valence-corrected chi connectivity index (χ3v) is 7.09. The Balaban J connectivity index is 1.33. The average molecular weight is 459 g/mol. The highest BCUT2D eigenvalue weighted by atomic mass is 19.1. The molecule has 5 nitrogen and oxygen atoms in total. The molecule has 1 aliphatic carbocycles. The van der Waals surface area contributed by atoms with Gasteiger partial charge in [-0.05, 0) is 85.7 Å². The number of nitrogens with two attached hydrogens (primary N) is 1. The molecule has 3 aromatic rings. The van der Waals surface area contributed by atoms with Crippen molar-refractivity contribution in [2.45, 2.75) is 43.7 Å². The number of fused-ring (bicyclic) bond motifs is 1. The van der Waals surface area contributed by atoms with Crippen LogP contribution in [0.2, 0.25) is 0 Å². The van der Waals surface area contributed by atoms with Gasteiger partial charge in [0, 0.05) is 24.0 Å². The number of anilines is 2. The largest absolute Gasteiger partial charge is 0.399 e. The molecule has 0 radical (unpaired) electrons. The molecule has 0 saturated carbocycles. The summed E-state index contributed by atoms with van der Waals surface area (Å²) in [5, 5.41) is 6.30. The van der Waals surface area contributed by atoms with E-state index >= 15 is 0 Å². The van der Waals surface area contributed by atoms with E-state index in [-0.39, 0.29) is 17.4 Å².